The maximum absolute atomic E-state index is 14.0. The van der Waals surface area contributed by atoms with E-state index in [-0.39, 0.29) is 17.8 Å². The molecule has 1 aromatic heterocycles. The van der Waals surface area contributed by atoms with Gasteiger partial charge in [0.2, 0.25) is 5.78 Å². The van der Waals surface area contributed by atoms with Crippen LogP contribution in [-0.2, 0) is 9.53 Å². The number of fused-ring (bicyclic) bond motifs is 3. The van der Waals surface area contributed by atoms with Gasteiger partial charge in [0.05, 0.1) is 18.0 Å². The minimum absolute atomic E-state index is 0.121. The monoisotopic (exact) mass is 497 g/mol. The Morgan fingerprint density at radius 2 is 1.77 bits per heavy atom. The highest BCUT2D eigenvalue weighted by molar-refractivity contribution is 7.12. The summed E-state index contributed by atoms with van der Waals surface area (Å²) in [6.07, 6.45) is 1.45. The standard InChI is InChI=1S/C27H27F2N2O3S/c28-20-5-1-4-19(14-20)26(30-22-7-2-6-21(29)15-22)27(33)34-24-17-31(11-9-18(24)10-12-31)16-23(32)25-8-3-13-35-25/h1-8,13-15,18,24,26,30H,9-12,16-17H2/q+1. The maximum atomic E-state index is 14.0. The number of nitrogens with zero attached hydrogens (tertiary/aromatic N) is 1. The number of anilines is 1. The Bertz CT molecular complexity index is 1210. The highest BCUT2D eigenvalue weighted by atomic mass is 32.1. The first kappa shape index (κ1) is 23.6. The molecule has 3 aromatic rings. The average Bonchev–Trinajstić information content (AvgIpc) is 3.38. The van der Waals surface area contributed by atoms with E-state index < -0.39 is 23.6 Å². The number of nitrogens with one attached hydrogen (secondary N) is 1. The van der Waals surface area contributed by atoms with Crippen molar-refractivity contribution < 1.29 is 27.6 Å². The minimum atomic E-state index is -0.996. The number of piperidine rings is 3. The van der Waals surface area contributed by atoms with Crippen molar-refractivity contribution in [3.05, 3.63) is 88.1 Å². The van der Waals surface area contributed by atoms with Gasteiger partial charge in [0.25, 0.3) is 0 Å². The summed E-state index contributed by atoms with van der Waals surface area (Å²) in [7, 11) is 0. The Labute approximate surface area is 206 Å². The quantitative estimate of drug-likeness (QED) is 0.264. The van der Waals surface area contributed by atoms with Gasteiger partial charge in [0.1, 0.15) is 24.7 Å². The summed E-state index contributed by atoms with van der Waals surface area (Å²) >= 11 is 1.45. The van der Waals surface area contributed by atoms with Crippen molar-refractivity contribution in [1.82, 2.24) is 0 Å². The van der Waals surface area contributed by atoms with Crippen LogP contribution < -0.4 is 5.32 Å². The lowest BCUT2D eigenvalue weighted by atomic mass is 9.83. The van der Waals surface area contributed by atoms with Gasteiger partial charge >= 0.3 is 5.97 Å². The van der Waals surface area contributed by atoms with Crippen LogP contribution in [0.5, 0.6) is 0 Å². The van der Waals surface area contributed by atoms with Gasteiger partial charge in [-0.3, -0.25) is 4.79 Å². The maximum Gasteiger partial charge on any atom is 0.333 e. The second-order valence-corrected chi connectivity index (χ2v) is 10.4. The molecule has 2 aromatic carbocycles. The second-order valence-electron chi connectivity index (χ2n) is 9.49. The van der Waals surface area contributed by atoms with Gasteiger partial charge in [0.15, 0.2) is 12.1 Å². The molecule has 35 heavy (non-hydrogen) atoms. The number of Topliss-reactive ketones (excluding diaryl/α,β-unsaturated/α-hetero) is 1. The molecule has 0 radical (unpaired) electrons. The van der Waals surface area contributed by atoms with Crippen LogP contribution in [0.1, 0.15) is 34.1 Å². The first-order valence-corrected chi connectivity index (χ1v) is 12.7. The van der Waals surface area contributed by atoms with Crippen molar-refractivity contribution in [3.8, 4) is 0 Å². The fraction of sp³-hybridized carbons (Fsp3) is 0.333. The van der Waals surface area contributed by atoms with Gasteiger partial charge in [-0.15, -0.1) is 11.3 Å². The first-order chi connectivity index (χ1) is 16.9. The Balaban J connectivity index is 1.34. The molecule has 2 unspecified atom stereocenters. The van der Waals surface area contributed by atoms with E-state index in [4.69, 9.17) is 4.74 Å². The number of quaternary nitrogens is 1. The normalized spacial score (nSPS) is 24.1. The van der Waals surface area contributed by atoms with E-state index in [9.17, 15) is 18.4 Å². The van der Waals surface area contributed by atoms with Crippen LogP contribution >= 0.6 is 11.3 Å². The number of rotatable bonds is 8. The zero-order valence-corrected chi connectivity index (χ0v) is 20.0. The number of hydrogen-bond donors (Lipinski definition) is 1. The number of ketones is 1. The summed E-state index contributed by atoms with van der Waals surface area (Å²) in [5.74, 6) is -1.10. The Morgan fingerprint density at radius 1 is 1.03 bits per heavy atom. The lowest BCUT2D eigenvalue weighted by Crippen LogP contribution is -2.65. The van der Waals surface area contributed by atoms with E-state index in [0.717, 1.165) is 30.8 Å². The smallest absolute Gasteiger partial charge is 0.333 e. The Kier molecular flexibility index (Phi) is 6.67. The zero-order chi connectivity index (χ0) is 24.4. The van der Waals surface area contributed by atoms with Crippen LogP contribution in [-0.4, -0.2) is 48.5 Å². The summed E-state index contributed by atoms with van der Waals surface area (Å²) in [6, 6.07) is 14.3. The van der Waals surface area contributed by atoms with Gasteiger partial charge in [-0.2, -0.15) is 0 Å². The predicted octanol–water partition coefficient (Wildman–Crippen LogP) is 5.21. The molecule has 3 aliphatic heterocycles. The summed E-state index contributed by atoms with van der Waals surface area (Å²) in [4.78, 5) is 27.0. The van der Waals surface area contributed by atoms with E-state index in [2.05, 4.69) is 5.32 Å². The molecule has 0 amide bonds. The Morgan fingerprint density at radius 3 is 2.46 bits per heavy atom. The fourth-order valence-corrected chi connectivity index (χ4v) is 5.98. The molecular weight excluding hydrogens is 470 g/mol. The number of thiophene rings is 1. The first-order valence-electron chi connectivity index (χ1n) is 11.8. The number of hydrogen-bond acceptors (Lipinski definition) is 5. The predicted molar refractivity (Wildman–Crippen MR) is 130 cm³/mol. The van der Waals surface area contributed by atoms with E-state index in [1.807, 2.05) is 17.5 Å². The summed E-state index contributed by atoms with van der Waals surface area (Å²) < 4.78 is 34.4. The lowest BCUT2D eigenvalue weighted by molar-refractivity contribution is -0.938. The highest BCUT2D eigenvalue weighted by Crippen LogP contribution is 2.37. The van der Waals surface area contributed by atoms with Crippen molar-refractivity contribution >= 4 is 28.8 Å². The third-order valence-electron chi connectivity index (χ3n) is 7.14. The third-order valence-corrected chi connectivity index (χ3v) is 8.05. The number of carbonyl (C=O) groups is 2. The van der Waals surface area contributed by atoms with Crippen LogP contribution in [0.2, 0.25) is 0 Å². The molecule has 2 bridgehead atoms. The van der Waals surface area contributed by atoms with Gasteiger partial charge in [0, 0.05) is 24.4 Å². The molecule has 6 rings (SSSR count). The summed E-state index contributed by atoms with van der Waals surface area (Å²) in [5, 5.41) is 4.92. The van der Waals surface area contributed by atoms with E-state index in [0.29, 0.717) is 28.8 Å². The molecule has 3 fully saturated rings. The average molecular weight is 498 g/mol. The molecule has 1 N–H and O–H groups in total. The molecule has 4 heterocycles. The Hall–Kier alpha value is -3.10. The molecule has 3 saturated heterocycles. The minimum Gasteiger partial charge on any atom is -0.454 e. The highest BCUT2D eigenvalue weighted by Gasteiger charge is 2.49. The van der Waals surface area contributed by atoms with Crippen LogP contribution in [0.3, 0.4) is 0 Å². The molecule has 0 saturated carbocycles. The molecule has 3 aliphatic rings. The van der Waals surface area contributed by atoms with Gasteiger partial charge in [-0.05, 0) is 47.3 Å². The zero-order valence-electron chi connectivity index (χ0n) is 19.2. The van der Waals surface area contributed by atoms with E-state index >= 15 is 0 Å². The van der Waals surface area contributed by atoms with Gasteiger partial charge < -0.3 is 14.5 Å². The molecule has 5 nitrogen and oxygen atoms in total. The van der Waals surface area contributed by atoms with Crippen molar-refractivity contribution in [1.29, 1.82) is 0 Å². The van der Waals surface area contributed by atoms with E-state index in [1.165, 1.54) is 47.7 Å². The van der Waals surface area contributed by atoms with Gasteiger partial charge in [-0.25, -0.2) is 13.6 Å². The van der Waals surface area contributed by atoms with Crippen molar-refractivity contribution in [2.45, 2.75) is 25.0 Å². The van der Waals surface area contributed by atoms with Crippen molar-refractivity contribution in [3.63, 3.8) is 0 Å². The number of ether oxygens (including phenoxy) is 1. The van der Waals surface area contributed by atoms with Crippen molar-refractivity contribution in [2.75, 3.05) is 31.5 Å². The number of esters is 1. The largest absolute Gasteiger partial charge is 0.454 e. The molecule has 2 atom stereocenters. The number of halogens is 2. The van der Waals surface area contributed by atoms with Crippen LogP contribution in [0, 0.1) is 17.6 Å². The second kappa shape index (κ2) is 9.87. The van der Waals surface area contributed by atoms with E-state index in [1.54, 1.807) is 12.1 Å². The molecular formula is C27H27F2N2O3S+. The number of carbonyl (C=O) groups excluding carboxylic acids is 2. The topological polar surface area (TPSA) is 55.4 Å². The summed E-state index contributed by atoms with van der Waals surface area (Å²) in [6.45, 7) is 2.77. The molecule has 0 spiro atoms. The van der Waals surface area contributed by atoms with Crippen LogP contribution in [0.4, 0.5) is 14.5 Å². The number of benzene rings is 2. The SMILES string of the molecule is O=C(C[N+]12CCC(CC1)C(OC(=O)C(Nc1cccc(F)c1)c1cccc(F)c1)C2)c1cccs1. The van der Waals surface area contributed by atoms with Crippen molar-refractivity contribution in [2.24, 2.45) is 5.92 Å². The van der Waals surface area contributed by atoms with Crippen LogP contribution in [0.15, 0.2) is 66.0 Å². The lowest BCUT2D eigenvalue weighted by Gasteiger charge is -2.51. The molecule has 182 valence electrons. The van der Waals surface area contributed by atoms with Crippen LogP contribution in [0.25, 0.3) is 0 Å². The fourth-order valence-electron chi connectivity index (χ4n) is 5.32. The summed E-state index contributed by atoms with van der Waals surface area (Å²) in [5.41, 5.74) is 0.799. The molecule has 0 aliphatic carbocycles. The third kappa shape index (κ3) is 5.28. The van der Waals surface area contributed by atoms with Gasteiger partial charge in [-0.1, -0.05) is 24.3 Å². The molecule has 8 heteroatoms.